The highest BCUT2D eigenvalue weighted by Crippen LogP contribution is 2.40. The molecule has 2 rings (SSSR count). The Morgan fingerprint density at radius 1 is 1.00 bits per heavy atom. The first-order valence-corrected chi connectivity index (χ1v) is 8.56. The summed E-state index contributed by atoms with van der Waals surface area (Å²) in [6, 6.07) is 5.68. The van der Waals surface area contributed by atoms with E-state index in [1.165, 1.54) is 40.3 Å². The van der Waals surface area contributed by atoms with Gasteiger partial charge in [-0.15, -0.1) is 0 Å². The fourth-order valence-electron chi connectivity index (χ4n) is 2.90. The van der Waals surface area contributed by atoms with Crippen molar-refractivity contribution in [3.8, 4) is 17.2 Å². The molecule has 0 bridgehead atoms. The molecule has 0 heterocycles. The van der Waals surface area contributed by atoms with Gasteiger partial charge in [-0.1, -0.05) is 6.07 Å². The zero-order chi connectivity index (χ0) is 20.8. The summed E-state index contributed by atoms with van der Waals surface area (Å²) < 4.78 is 44.0. The Kier molecular flexibility index (Phi) is 7.03. The van der Waals surface area contributed by atoms with E-state index in [0.717, 1.165) is 17.7 Å². The Bertz CT molecular complexity index is 833. The van der Waals surface area contributed by atoms with Crippen molar-refractivity contribution in [3.63, 3.8) is 0 Å². The summed E-state index contributed by atoms with van der Waals surface area (Å²) in [4.78, 5) is 13.6. The standard InChI is InChI=1S/C20H24F2N2O4/c1-24(2)18-14(21)10-13(11-15(18)22)23-17(25)9-7-12-6-8-16(26-3)20(28-5)19(12)27-4/h6,8,10-11H,7,9H2,1-5H3,(H,23,25). The summed E-state index contributed by atoms with van der Waals surface area (Å²) in [5.41, 5.74) is 0.647. The van der Waals surface area contributed by atoms with Gasteiger partial charge in [0.25, 0.3) is 0 Å². The van der Waals surface area contributed by atoms with E-state index < -0.39 is 11.6 Å². The largest absolute Gasteiger partial charge is 0.493 e. The fourth-order valence-corrected chi connectivity index (χ4v) is 2.90. The number of nitrogens with one attached hydrogen (secondary N) is 1. The van der Waals surface area contributed by atoms with Gasteiger partial charge in [-0.3, -0.25) is 4.79 Å². The molecule has 0 radical (unpaired) electrons. The van der Waals surface area contributed by atoms with Gasteiger partial charge in [0.15, 0.2) is 23.1 Å². The van der Waals surface area contributed by atoms with Crippen molar-refractivity contribution in [1.82, 2.24) is 0 Å². The number of aryl methyl sites for hydroxylation is 1. The number of ether oxygens (including phenoxy) is 3. The number of nitrogens with zero attached hydrogens (tertiary/aromatic N) is 1. The molecule has 0 aliphatic rings. The molecule has 0 fully saturated rings. The van der Waals surface area contributed by atoms with E-state index in [4.69, 9.17) is 14.2 Å². The normalized spacial score (nSPS) is 10.4. The van der Waals surface area contributed by atoms with Gasteiger partial charge in [0.05, 0.1) is 21.3 Å². The molecular formula is C20H24F2N2O4. The lowest BCUT2D eigenvalue weighted by molar-refractivity contribution is -0.116. The summed E-state index contributed by atoms with van der Waals surface area (Å²) in [5.74, 6) is -0.454. The number of carbonyl (C=O) groups is 1. The molecule has 1 N–H and O–H groups in total. The predicted molar refractivity (Wildman–Crippen MR) is 104 cm³/mol. The number of halogens is 2. The predicted octanol–water partition coefficient (Wildman–Crippen LogP) is 3.63. The van der Waals surface area contributed by atoms with Crippen molar-refractivity contribution >= 4 is 17.3 Å². The molecule has 8 heteroatoms. The van der Waals surface area contributed by atoms with Crippen molar-refractivity contribution in [1.29, 1.82) is 0 Å². The van der Waals surface area contributed by atoms with E-state index >= 15 is 0 Å². The van der Waals surface area contributed by atoms with Crippen LogP contribution in [0.15, 0.2) is 24.3 Å². The smallest absolute Gasteiger partial charge is 0.224 e. The van der Waals surface area contributed by atoms with Gasteiger partial charge >= 0.3 is 0 Å². The Labute approximate surface area is 163 Å². The van der Waals surface area contributed by atoms with Crippen LogP contribution >= 0.6 is 0 Å². The summed E-state index contributed by atoms with van der Waals surface area (Å²) >= 11 is 0. The molecule has 6 nitrogen and oxygen atoms in total. The van der Waals surface area contributed by atoms with E-state index in [9.17, 15) is 13.6 Å². The first kappa shape index (κ1) is 21.3. The maximum absolute atomic E-state index is 14.0. The third-order valence-electron chi connectivity index (χ3n) is 4.15. The first-order valence-electron chi connectivity index (χ1n) is 8.56. The Morgan fingerprint density at radius 3 is 2.11 bits per heavy atom. The molecule has 0 saturated carbocycles. The molecule has 2 aromatic rings. The van der Waals surface area contributed by atoms with E-state index in [2.05, 4.69) is 5.32 Å². The van der Waals surface area contributed by atoms with Crippen molar-refractivity contribution in [3.05, 3.63) is 41.5 Å². The van der Waals surface area contributed by atoms with Crippen LogP contribution in [0.5, 0.6) is 17.2 Å². The molecule has 0 aliphatic carbocycles. The SMILES string of the molecule is COc1ccc(CCC(=O)Nc2cc(F)c(N(C)C)c(F)c2)c(OC)c1OC. The molecule has 0 unspecified atom stereocenters. The molecule has 152 valence electrons. The highest BCUT2D eigenvalue weighted by molar-refractivity contribution is 5.91. The molecule has 0 aromatic heterocycles. The van der Waals surface area contributed by atoms with Crippen LogP contribution in [0.2, 0.25) is 0 Å². The number of carbonyl (C=O) groups excluding carboxylic acids is 1. The summed E-state index contributed by atoms with van der Waals surface area (Å²) in [5, 5.41) is 2.51. The highest BCUT2D eigenvalue weighted by Gasteiger charge is 2.17. The topological polar surface area (TPSA) is 60.0 Å². The molecule has 0 atom stereocenters. The van der Waals surface area contributed by atoms with Crippen LogP contribution in [0.4, 0.5) is 20.2 Å². The van der Waals surface area contributed by atoms with Crippen LogP contribution in [0.1, 0.15) is 12.0 Å². The zero-order valence-corrected chi connectivity index (χ0v) is 16.6. The number of benzene rings is 2. The molecule has 28 heavy (non-hydrogen) atoms. The zero-order valence-electron chi connectivity index (χ0n) is 16.6. The van der Waals surface area contributed by atoms with Gasteiger partial charge in [-0.25, -0.2) is 8.78 Å². The van der Waals surface area contributed by atoms with E-state index in [-0.39, 0.29) is 23.7 Å². The number of methoxy groups -OCH3 is 3. The van der Waals surface area contributed by atoms with Gasteiger partial charge in [0.1, 0.15) is 5.69 Å². The lowest BCUT2D eigenvalue weighted by Crippen LogP contribution is -2.16. The number of rotatable bonds is 8. The van der Waals surface area contributed by atoms with Gasteiger partial charge < -0.3 is 24.4 Å². The average Bonchev–Trinajstić information content (AvgIpc) is 2.64. The highest BCUT2D eigenvalue weighted by atomic mass is 19.1. The molecule has 2 aromatic carbocycles. The minimum absolute atomic E-state index is 0.0601. The summed E-state index contributed by atoms with van der Waals surface area (Å²) in [7, 11) is 7.59. The number of hydrogen-bond acceptors (Lipinski definition) is 5. The fraction of sp³-hybridized carbons (Fsp3) is 0.350. The van der Waals surface area contributed by atoms with Gasteiger partial charge in [0, 0.05) is 26.2 Å². The number of amides is 1. The van der Waals surface area contributed by atoms with Crippen molar-refractivity contribution in [2.45, 2.75) is 12.8 Å². The van der Waals surface area contributed by atoms with Crippen molar-refractivity contribution in [2.24, 2.45) is 0 Å². The number of hydrogen-bond donors (Lipinski definition) is 1. The minimum atomic E-state index is -0.748. The maximum atomic E-state index is 14.0. The monoisotopic (exact) mass is 394 g/mol. The van der Waals surface area contributed by atoms with Crippen LogP contribution in [-0.4, -0.2) is 41.3 Å². The van der Waals surface area contributed by atoms with Crippen LogP contribution in [0.3, 0.4) is 0 Å². The molecule has 0 spiro atoms. The van der Waals surface area contributed by atoms with Gasteiger partial charge in [0.2, 0.25) is 11.7 Å². The first-order chi connectivity index (χ1) is 13.3. The van der Waals surface area contributed by atoms with Gasteiger partial charge in [-0.05, 0) is 30.2 Å². The van der Waals surface area contributed by atoms with Crippen molar-refractivity contribution in [2.75, 3.05) is 45.6 Å². The Hall–Kier alpha value is -3.03. The van der Waals surface area contributed by atoms with Crippen LogP contribution < -0.4 is 24.4 Å². The summed E-state index contributed by atoms with van der Waals surface area (Å²) in [6.45, 7) is 0. The molecular weight excluding hydrogens is 370 g/mol. The number of anilines is 2. The lowest BCUT2D eigenvalue weighted by atomic mass is 10.1. The Morgan fingerprint density at radius 2 is 1.61 bits per heavy atom. The second kappa shape index (κ2) is 9.25. The van der Waals surface area contributed by atoms with Crippen molar-refractivity contribution < 1.29 is 27.8 Å². The molecule has 1 amide bonds. The van der Waals surface area contributed by atoms with E-state index in [0.29, 0.717) is 23.7 Å². The third-order valence-corrected chi connectivity index (χ3v) is 4.15. The van der Waals surface area contributed by atoms with E-state index in [1.54, 1.807) is 12.1 Å². The average molecular weight is 394 g/mol. The Balaban J connectivity index is 2.11. The molecule has 0 aliphatic heterocycles. The summed E-state index contributed by atoms with van der Waals surface area (Å²) in [6.07, 6.45) is 0.431. The molecule has 0 saturated heterocycles. The lowest BCUT2D eigenvalue weighted by Gasteiger charge is -2.16. The van der Waals surface area contributed by atoms with E-state index in [1.807, 2.05) is 0 Å². The maximum Gasteiger partial charge on any atom is 0.224 e. The van der Waals surface area contributed by atoms with Crippen LogP contribution in [-0.2, 0) is 11.2 Å². The quantitative estimate of drug-likeness (QED) is 0.741. The second-order valence-corrected chi connectivity index (χ2v) is 6.22. The van der Waals surface area contributed by atoms with Crippen LogP contribution in [0.25, 0.3) is 0 Å². The second-order valence-electron chi connectivity index (χ2n) is 6.22. The van der Waals surface area contributed by atoms with Gasteiger partial charge in [-0.2, -0.15) is 0 Å². The minimum Gasteiger partial charge on any atom is -0.493 e. The third kappa shape index (κ3) is 4.62. The van der Waals surface area contributed by atoms with Crippen LogP contribution in [0, 0.1) is 11.6 Å².